The van der Waals surface area contributed by atoms with E-state index in [-0.39, 0.29) is 11.7 Å². The topological polar surface area (TPSA) is 42.0 Å². The zero-order chi connectivity index (χ0) is 20.2. The van der Waals surface area contributed by atoms with Crippen LogP contribution >= 0.6 is 11.6 Å². The number of nitrogens with zero attached hydrogens (tertiary/aromatic N) is 2. The van der Waals surface area contributed by atoms with Gasteiger partial charge in [-0.3, -0.25) is 9.69 Å². The first-order valence-corrected chi connectivity index (χ1v) is 10.00. The molecule has 5 nitrogen and oxygen atoms in total. The SMILES string of the molecule is O=C(/C=C/c1ccc2c(c1)OCCO2)N1CCN(Cc2c(F)cccc2Cl)CC1. The van der Waals surface area contributed by atoms with Gasteiger partial charge in [-0.2, -0.15) is 0 Å². The summed E-state index contributed by atoms with van der Waals surface area (Å²) in [6.07, 6.45) is 3.36. The van der Waals surface area contributed by atoms with E-state index in [2.05, 4.69) is 4.90 Å². The van der Waals surface area contributed by atoms with Crippen LogP contribution in [-0.4, -0.2) is 55.1 Å². The predicted octanol–water partition coefficient (Wildman–Crippen LogP) is 3.61. The third-order valence-electron chi connectivity index (χ3n) is 5.11. The van der Waals surface area contributed by atoms with Crippen molar-refractivity contribution in [2.45, 2.75) is 6.54 Å². The minimum Gasteiger partial charge on any atom is -0.486 e. The molecule has 29 heavy (non-hydrogen) atoms. The lowest BCUT2D eigenvalue weighted by molar-refractivity contribution is -0.127. The van der Waals surface area contributed by atoms with Gasteiger partial charge in [0.25, 0.3) is 0 Å². The van der Waals surface area contributed by atoms with E-state index in [1.165, 1.54) is 6.07 Å². The fraction of sp³-hybridized carbons (Fsp3) is 0.318. The van der Waals surface area contributed by atoms with Crippen molar-refractivity contribution < 1.29 is 18.7 Å². The number of carbonyl (C=O) groups excluding carboxylic acids is 1. The molecule has 2 heterocycles. The summed E-state index contributed by atoms with van der Waals surface area (Å²) in [5.41, 5.74) is 1.39. The standard InChI is InChI=1S/C22H22ClFN2O3/c23-18-2-1-3-19(24)17(18)15-25-8-10-26(11-9-25)22(27)7-5-16-4-6-20-21(14-16)29-13-12-28-20/h1-7,14H,8-13,15H2/b7-5+. The molecular formula is C22H22ClFN2O3. The highest BCUT2D eigenvalue weighted by Crippen LogP contribution is 2.31. The number of ether oxygens (including phenoxy) is 2. The first-order valence-electron chi connectivity index (χ1n) is 9.62. The molecule has 1 amide bonds. The van der Waals surface area contributed by atoms with Crippen molar-refractivity contribution in [2.75, 3.05) is 39.4 Å². The molecule has 2 aliphatic rings. The quantitative estimate of drug-likeness (QED) is 0.714. The summed E-state index contributed by atoms with van der Waals surface area (Å²) >= 11 is 6.11. The van der Waals surface area contributed by atoms with Crippen molar-refractivity contribution in [1.82, 2.24) is 9.80 Å². The van der Waals surface area contributed by atoms with E-state index in [0.717, 1.165) is 11.3 Å². The summed E-state index contributed by atoms with van der Waals surface area (Å²) in [6.45, 7) is 4.06. The first-order chi connectivity index (χ1) is 14.1. The highest BCUT2D eigenvalue weighted by atomic mass is 35.5. The lowest BCUT2D eigenvalue weighted by atomic mass is 10.1. The number of benzene rings is 2. The first kappa shape index (κ1) is 19.7. The van der Waals surface area contributed by atoms with Crippen LogP contribution in [0.5, 0.6) is 11.5 Å². The highest BCUT2D eigenvalue weighted by molar-refractivity contribution is 6.31. The second kappa shape index (κ2) is 8.84. The molecule has 0 aromatic heterocycles. The van der Waals surface area contributed by atoms with E-state index < -0.39 is 0 Å². The normalized spacial score (nSPS) is 17.0. The zero-order valence-corrected chi connectivity index (χ0v) is 16.7. The Hall–Kier alpha value is -2.57. The van der Waals surface area contributed by atoms with Crippen LogP contribution in [0.1, 0.15) is 11.1 Å². The summed E-state index contributed by atoms with van der Waals surface area (Å²) in [6, 6.07) is 10.3. The number of hydrogen-bond acceptors (Lipinski definition) is 4. The molecule has 2 aromatic carbocycles. The Labute approximate surface area is 174 Å². The third-order valence-corrected chi connectivity index (χ3v) is 5.47. The maximum absolute atomic E-state index is 14.0. The monoisotopic (exact) mass is 416 g/mol. The summed E-state index contributed by atoms with van der Waals surface area (Å²) in [7, 11) is 0. The zero-order valence-electron chi connectivity index (χ0n) is 15.9. The van der Waals surface area contributed by atoms with Crippen LogP contribution in [0.2, 0.25) is 5.02 Å². The van der Waals surface area contributed by atoms with Gasteiger partial charge in [0, 0.05) is 49.4 Å². The van der Waals surface area contributed by atoms with Gasteiger partial charge < -0.3 is 14.4 Å². The molecule has 0 atom stereocenters. The van der Waals surface area contributed by atoms with Gasteiger partial charge in [-0.25, -0.2) is 4.39 Å². The molecule has 0 bridgehead atoms. The van der Waals surface area contributed by atoms with Crippen LogP contribution in [-0.2, 0) is 11.3 Å². The average Bonchev–Trinajstić information content (AvgIpc) is 2.75. The molecule has 7 heteroatoms. The molecular weight excluding hydrogens is 395 g/mol. The second-order valence-corrected chi connectivity index (χ2v) is 7.45. The Bertz CT molecular complexity index is 906. The Balaban J connectivity index is 1.31. The van der Waals surface area contributed by atoms with Gasteiger partial charge in [0.15, 0.2) is 11.5 Å². The molecule has 4 rings (SSSR count). The van der Waals surface area contributed by atoms with Crippen molar-refractivity contribution in [3.8, 4) is 11.5 Å². The summed E-state index contributed by atoms with van der Waals surface area (Å²) < 4.78 is 25.1. The molecule has 0 spiro atoms. The number of fused-ring (bicyclic) bond motifs is 1. The lowest BCUT2D eigenvalue weighted by Crippen LogP contribution is -2.47. The van der Waals surface area contributed by atoms with E-state index in [1.54, 1.807) is 29.2 Å². The molecule has 0 aliphatic carbocycles. The second-order valence-electron chi connectivity index (χ2n) is 7.04. The number of rotatable bonds is 4. The average molecular weight is 417 g/mol. The molecule has 0 N–H and O–H groups in total. The largest absolute Gasteiger partial charge is 0.486 e. The maximum Gasteiger partial charge on any atom is 0.246 e. The van der Waals surface area contributed by atoms with E-state index in [9.17, 15) is 9.18 Å². The van der Waals surface area contributed by atoms with Crippen molar-refractivity contribution >= 4 is 23.6 Å². The van der Waals surface area contributed by atoms with Crippen molar-refractivity contribution in [3.05, 3.63) is 64.4 Å². The number of hydrogen-bond donors (Lipinski definition) is 0. The number of halogens is 2. The fourth-order valence-corrected chi connectivity index (χ4v) is 3.69. The lowest BCUT2D eigenvalue weighted by Gasteiger charge is -2.34. The van der Waals surface area contributed by atoms with Crippen LogP contribution in [0.4, 0.5) is 4.39 Å². The van der Waals surface area contributed by atoms with Gasteiger partial charge in [0.1, 0.15) is 19.0 Å². The third kappa shape index (κ3) is 4.71. The molecule has 2 aliphatic heterocycles. The molecule has 2 aromatic rings. The van der Waals surface area contributed by atoms with Gasteiger partial charge in [-0.05, 0) is 35.9 Å². The fourth-order valence-electron chi connectivity index (χ4n) is 3.47. The summed E-state index contributed by atoms with van der Waals surface area (Å²) in [4.78, 5) is 16.4. The van der Waals surface area contributed by atoms with Crippen molar-refractivity contribution in [1.29, 1.82) is 0 Å². The van der Waals surface area contributed by atoms with Gasteiger partial charge in [0.2, 0.25) is 5.91 Å². The molecule has 0 unspecified atom stereocenters. The molecule has 0 radical (unpaired) electrons. The molecule has 1 fully saturated rings. The maximum atomic E-state index is 14.0. The van der Waals surface area contributed by atoms with E-state index in [1.807, 2.05) is 18.2 Å². The minimum absolute atomic E-state index is 0.0385. The molecule has 0 saturated carbocycles. The van der Waals surface area contributed by atoms with Gasteiger partial charge >= 0.3 is 0 Å². The van der Waals surface area contributed by atoms with Gasteiger partial charge in [-0.1, -0.05) is 23.7 Å². The Morgan fingerprint density at radius 1 is 1.07 bits per heavy atom. The number of amides is 1. The van der Waals surface area contributed by atoms with Crippen molar-refractivity contribution in [2.24, 2.45) is 0 Å². The number of piperazine rings is 1. The summed E-state index contributed by atoms with van der Waals surface area (Å²) in [5.74, 6) is 1.10. The van der Waals surface area contributed by atoms with Crippen LogP contribution in [0.25, 0.3) is 6.08 Å². The smallest absolute Gasteiger partial charge is 0.246 e. The van der Waals surface area contributed by atoms with E-state index in [4.69, 9.17) is 21.1 Å². The van der Waals surface area contributed by atoms with E-state index in [0.29, 0.717) is 62.3 Å². The van der Waals surface area contributed by atoms with Crippen LogP contribution in [0, 0.1) is 5.82 Å². The van der Waals surface area contributed by atoms with E-state index >= 15 is 0 Å². The predicted molar refractivity (Wildman–Crippen MR) is 110 cm³/mol. The van der Waals surface area contributed by atoms with Crippen LogP contribution < -0.4 is 9.47 Å². The van der Waals surface area contributed by atoms with Gasteiger partial charge in [-0.15, -0.1) is 0 Å². The summed E-state index contributed by atoms with van der Waals surface area (Å²) in [5, 5.41) is 0.436. The Kier molecular flexibility index (Phi) is 6.02. The Morgan fingerprint density at radius 2 is 1.83 bits per heavy atom. The Morgan fingerprint density at radius 3 is 2.59 bits per heavy atom. The van der Waals surface area contributed by atoms with Crippen molar-refractivity contribution in [3.63, 3.8) is 0 Å². The van der Waals surface area contributed by atoms with Crippen LogP contribution in [0.15, 0.2) is 42.5 Å². The van der Waals surface area contributed by atoms with Gasteiger partial charge in [0.05, 0.1) is 0 Å². The minimum atomic E-state index is -0.293. The van der Waals surface area contributed by atoms with Crippen LogP contribution in [0.3, 0.4) is 0 Å². The molecule has 1 saturated heterocycles. The molecule has 152 valence electrons. The number of carbonyl (C=O) groups is 1. The highest BCUT2D eigenvalue weighted by Gasteiger charge is 2.21.